The van der Waals surface area contributed by atoms with Crippen LogP contribution in [0.2, 0.25) is 0 Å². The maximum absolute atomic E-state index is 12.4. The number of nitrogens with zero attached hydrogens (tertiary/aromatic N) is 1. The number of carbonyl (C=O) groups excluding carboxylic acids is 2. The lowest BCUT2D eigenvalue weighted by atomic mass is 9.81. The fourth-order valence-corrected chi connectivity index (χ4v) is 4.01. The molecular weight excluding hydrogens is 328 g/mol. The van der Waals surface area contributed by atoms with E-state index in [0.717, 1.165) is 12.8 Å². The van der Waals surface area contributed by atoms with Gasteiger partial charge in [-0.3, -0.25) is 4.79 Å². The lowest BCUT2D eigenvalue weighted by Crippen LogP contribution is -2.41. The van der Waals surface area contributed by atoms with Crippen LogP contribution in [0.15, 0.2) is 10.5 Å². The fourth-order valence-electron chi connectivity index (χ4n) is 4.01. The van der Waals surface area contributed by atoms with Gasteiger partial charge < -0.3 is 24.5 Å². The van der Waals surface area contributed by atoms with Crippen LogP contribution in [0.25, 0.3) is 0 Å². The number of carbonyl (C=O) groups is 3. The molecule has 25 heavy (non-hydrogen) atoms. The number of nitrogens with one attached hydrogen (secondary N) is 1. The van der Waals surface area contributed by atoms with Gasteiger partial charge in [0, 0.05) is 13.1 Å². The van der Waals surface area contributed by atoms with E-state index >= 15 is 0 Å². The molecule has 136 valence electrons. The molecule has 1 saturated heterocycles. The number of hydrogen-bond donors (Lipinski definition) is 2. The summed E-state index contributed by atoms with van der Waals surface area (Å²) in [5.41, 5.74) is -0.469. The number of esters is 1. The molecule has 2 N–H and O–H groups in total. The Kier molecular flexibility index (Phi) is 4.45. The van der Waals surface area contributed by atoms with Crippen LogP contribution in [0.5, 0.6) is 0 Å². The van der Waals surface area contributed by atoms with Crippen LogP contribution in [-0.2, 0) is 16.1 Å². The van der Waals surface area contributed by atoms with E-state index in [1.54, 1.807) is 17.9 Å². The SMILES string of the molecule is COC(=O)c1cc(CNC(=O)N2C[C@@H]3CCC[C@@]3(C(=O)O)C2)oc1C. The first-order valence-corrected chi connectivity index (χ1v) is 8.31. The van der Waals surface area contributed by atoms with E-state index in [-0.39, 0.29) is 25.0 Å². The Bertz CT molecular complexity index is 712. The number of aryl methyl sites for hydroxylation is 1. The second kappa shape index (κ2) is 6.42. The Hall–Kier alpha value is -2.51. The zero-order chi connectivity index (χ0) is 18.2. The highest BCUT2D eigenvalue weighted by atomic mass is 16.5. The van der Waals surface area contributed by atoms with Crippen molar-refractivity contribution in [3.8, 4) is 0 Å². The molecule has 2 atom stereocenters. The van der Waals surface area contributed by atoms with E-state index in [1.165, 1.54) is 7.11 Å². The number of aliphatic carboxylic acids is 1. The Labute approximate surface area is 145 Å². The number of hydrogen-bond acceptors (Lipinski definition) is 5. The average Bonchev–Trinajstić information content (AvgIpc) is 3.23. The smallest absolute Gasteiger partial charge is 0.341 e. The lowest BCUT2D eigenvalue weighted by molar-refractivity contribution is -0.149. The molecule has 8 heteroatoms. The number of fused-ring (bicyclic) bond motifs is 1. The molecule has 0 radical (unpaired) electrons. The highest BCUT2D eigenvalue weighted by Crippen LogP contribution is 2.48. The van der Waals surface area contributed by atoms with Crippen LogP contribution in [0.3, 0.4) is 0 Å². The third kappa shape index (κ3) is 2.96. The fraction of sp³-hybridized carbons (Fsp3) is 0.588. The van der Waals surface area contributed by atoms with Gasteiger partial charge in [0.15, 0.2) is 0 Å². The molecule has 0 spiro atoms. The molecule has 1 aromatic heterocycles. The Morgan fingerprint density at radius 2 is 2.24 bits per heavy atom. The van der Waals surface area contributed by atoms with Crippen molar-refractivity contribution in [3.63, 3.8) is 0 Å². The van der Waals surface area contributed by atoms with E-state index in [2.05, 4.69) is 10.1 Å². The molecular formula is C17H22N2O6. The van der Waals surface area contributed by atoms with Crippen molar-refractivity contribution in [2.45, 2.75) is 32.7 Å². The summed E-state index contributed by atoms with van der Waals surface area (Å²) in [5.74, 6) is -0.410. The van der Waals surface area contributed by atoms with Gasteiger partial charge in [-0.25, -0.2) is 9.59 Å². The molecule has 1 aromatic rings. The van der Waals surface area contributed by atoms with Gasteiger partial charge in [-0.05, 0) is 31.7 Å². The molecule has 8 nitrogen and oxygen atoms in total. The molecule has 3 rings (SSSR count). The molecule has 1 aliphatic heterocycles. The second-order valence-corrected chi connectivity index (χ2v) is 6.76. The Morgan fingerprint density at radius 3 is 2.88 bits per heavy atom. The highest BCUT2D eigenvalue weighted by Gasteiger charge is 2.55. The number of carboxylic acids is 1. The van der Waals surface area contributed by atoms with Crippen molar-refractivity contribution in [1.82, 2.24) is 10.2 Å². The van der Waals surface area contributed by atoms with Crippen molar-refractivity contribution in [2.24, 2.45) is 11.3 Å². The summed E-state index contributed by atoms with van der Waals surface area (Å²) < 4.78 is 10.1. The molecule has 1 saturated carbocycles. The average molecular weight is 350 g/mol. The van der Waals surface area contributed by atoms with Gasteiger partial charge in [-0.15, -0.1) is 0 Å². The van der Waals surface area contributed by atoms with E-state index in [0.29, 0.717) is 30.0 Å². The molecule has 0 bridgehead atoms. The predicted molar refractivity (Wildman–Crippen MR) is 86.0 cm³/mol. The molecule has 0 aromatic carbocycles. The van der Waals surface area contributed by atoms with Gasteiger partial charge in [0.2, 0.25) is 0 Å². The van der Waals surface area contributed by atoms with Crippen LogP contribution in [-0.4, -0.2) is 48.2 Å². The number of rotatable bonds is 4. The standard InChI is InChI=1S/C17H22N2O6/c1-10-13(14(20)24-2)6-12(25-10)7-18-16(23)19-8-11-4-3-5-17(11,9-19)15(21)22/h6,11H,3-5,7-9H2,1-2H3,(H,18,23)(H,21,22)/t11-,17+/m0/s1. The van der Waals surface area contributed by atoms with Crippen LogP contribution in [0.4, 0.5) is 4.79 Å². The minimum Gasteiger partial charge on any atom is -0.481 e. The second-order valence-electron chi connectivity index (χ2n) is 6.76. The van der Waals surface area contributed by atoms with E-state index in [9.17, 15) is 19.5 Å². The van der Waals surface area contributed by atoms with Crippen molar-refractivity contribution in [3.05, 3.63) is 23.2 Å². The van der Waals surface area contributed by atoms with Gasteiger partial charge in [0.05, 0.1) is 19.1 Å². The first kappa shape index (κ1) is 17.3. The summed E-state index contributed by atoms with van der Waals surface area (Å²) in [6.45, 7) is 2.47. The van der Waals surface area contributed by atoms with E-state index in [4.69, 9.17) is 4.42 Å². The third-order valence-corrected chi connectivity index (χ3v) is 5.37. The van der Waals surface area contributed by atoms with Gasteiger partial charge in [0.1, 0.15) is 17.1 Å². The third-order valence-electron chi connectivity index (χ3n) is 5.37. The maximum Gasteiger partial charge on any atom is 0.341 e. The number of furan rings is 1. The van der Waals surface area contributed by atoms with Crippen LogP contribution >= 0.6 is 0 Å². The van der Waals surface area contributed by atoms with E-state index in [1.807, 2.05) is 0 Å². The summed E-state index contributed by atoms with van der Waals surface area (Å²) in [6, 6.07) is 1.22. The summed E-state index contributed by atoms with van der Waals surface area (Å²) in [5, 5.41) is 12.3. The largest absolute Gasteiger partial charge is 0.481 e. The van der Waals surface area contributed by atoms with E-state index < -0.39 is 17.4 Å². The van der Waals surface area contributed by atoms with Crippen molar-refractivity contribution in [2.75, 3.05) is 20.2 Å². The summed E-state index contributed by atoms with van der Waals surface area (Å²) in [6.07, 6.45) is 2.36. The minimum atomic E-state index is -0.810. The summed E-state index contributed by atoms with van der Waals surface area (Å²) >= 11 is 0. The molecule has 2 aliphatic rings. The van der Waals surface area contributed by atoms with Crippen molar-refractivity contribution < 1.29 is 28.6 Å². The highest BCUT2D eigenvalue weighted by molar-refractivity contribution is 5.90. The zero-order valence-electron chi connectivity index (χ0n) is 14.3. The quantitative estimate of drug-likeness (QED) is 0.801. The van der Waals surface area contributed by atoms with Gasteiger partial charge in [0.25, 0.3) is 0 Å². The van der Waals surface area contributed by atoms with Crippen molar-refractivity contribution in [1.29, 1.82) is 0 Å². The Morgan fingerprint density at radius 1 is 1.48 bits per heavy atom. The van der Waals surface area contributed by atoms with Crippen LogP contribution < -0.4 is 5.32 Å². The van der Waals surface area contributed by atoms with Crippen LogP contribution in [0, 0.1) is 18.3 Å². The van der Waals surface area contributed by atoms with Gasteiger partial charge >= 0.3 is 18.0 Å². The van der Waals surface area contributed by atoms with Crippen molar-refractivity contribution >= 4 is 18.0 Å². The number of likely N-dealkylation sites (tertiary alicyclic amines) is 1. The molecule has 2 amide bonds. The number of urea groups is 1. The minimum absolute atomic E-state index is 0.0209. The molecule has 1 aliphatic carbocycles. The number of methoxy groups -OCH3 is 1. The number of ether oxygens (including phenoxy) is 1. The molecule has 2 heterocycles. The number of amides is 2. The summed E-state index contributed by atoms with van der Waals surface area (Å²) in [4.78, 5) is 37.2. The van der Waals surface area contributed by atoms with Crippen LogP contribution in [0.1, 0.15) is 41.1 Å². The summed E-state index contributed by atoms with van der Waals surface area (Å²) in [7, 11) is 1.29. The lowest BCUT2D eigenvalue weighted by Gasteiger charge is -2.23. The Balaban J connectivity index is 1.61. The molecule has 0 unspecified atom stereocenters. The van der Waals surface area contributed by atoms with Gasteiger partial charge in [-0.2, -0.15) is 0 Å². The monoisotopic (exact) mass is 350 g/mol. The number of carboxylic acid groups (broad SMARTS) is 1. The maximum atomic E-state index is 12.4. The predicted octanol–water partition coefficient (Wildman–Crippen LogP) is 1.77. The first-order chi connectivity index (χ1) is 11.9. The topological polar surface area (TPSA) is 109 Å². The normalized spacial score (nSPS) is 24.9. The first-order valence-electron chi connectivity index (χ1n) is 8.31. The molecule has 2 fully saturated rings. The van der Waals surface area contributed by atoms with Gasteiger partial charge in [-0.1, -0.05) is 6.42 Å². The zero-order valence-corrected chi connectivity index (χ0v) is 14.3.